The van der Waals surface area contributed by atoms with Crippen molar-refractivity contribution in [3.8, 4) is 0 Å². The van der Waals surface area contributed by atoms with Crippen molar-refractivity contribution in [1.82, 2.24) is 10.4 Å². The van der Waals surface area contributed by atoms with E-state index in [1.807, 2.05) is 32.9 Å². The van der Waals surface area contributed by atoms with Gasteiger partial charge in [-0.1, -0.05) is 19.9 Å². The third kappa shape index (κ3) is 1.36. The van der Waals surface area contributed by atoms with Crippen molar-refractivity contribution in [2.75, 3.05) is 5.01 Å². The molecular formula is C13H15N3O2. The molecule has 1 saturated carbocycles. The van der Waals surface area contributed by atoms with E-state index < -0.39 is 0 Å². The molecule has 0 bridgehead atoms. The molecule has 0 radical (unpaired) electrons. The van der Waals surface area contributed by atoms with Gasteiger partial charge < -0.3 is 0 Å². The van der Waals surface area contributed by atoms with Gasteiger partial charge in [-0.15, -0.1) is 0 Å². The van der Waals surface area contributed by atoms with Gasteiger partial charge in [-0.25, -0.2) is 9.99 Å². The van der Waals surface area contributed by atoms with Crippen LogP contribution in [0.2, 0.25) is 0 Å². The molecule has 2 atom stereocenters. The van der Waals surface area contributed by atoms with Crippen LogP contribution in [0.4, 0.5) is 5.82 Å². The number of amides is 2. The number of fused-ring (bicyclic) bond motifs is 1. The predicted molar refractivity (Wildman–Crippen MR) is 65.4 cm³/mol. The molecule has 0 aromatic carbocycles. The molecule has 1 aliphatic carbocycles. The average molecular weight is 245 g/mol. The number of hydrazine groups is 1. The summed E-state index contributed by atoms with van der Waals surface area (Å²) in [7, 11) is 0. The Morgan fingerprint density at radius 2 is 2.00 bits per heavy atom. The number of nitrogens with one attached hydrogen (secondary N) is 1. The Balaban J connectivity index is 1.95. The number of aromatic nitrogens is 1. The van der Waals surface area contributed by atoms with Crippen LogP contribution in [-0.4, -0.2) is 16.8 Å². The smallest absolute Gasteiger partial charge is 0.251 e. The first-order valence-corrected chi connectivity index (χ1v) is 6.01. The first-order valence-electron chi connectivity index (χ1n) is 6.01. The third-order valence-electron chi connectivity index (χ3n) is 3.92. The van der Waals surface area contributed by atoms with E-state index in [1.54, 1.807) is 6.07 Å². The molecule has 1 aliphatic heterocycles. The zero-order valence-electron chi connectivity index (χ0n) is 10.6. The Morgan fingerprint density at radius 3 is 2.67 bits per heavy atom. The van der Waals surface area contributed by atoms with E-state index in [0.29, 0.717) is 5.82 Å². The standard InChI is InChI=1S/C13H15N3O2/c1-7-5-4-6-8(14-7)16-12(18)10-9(11(17)15-16)13(10,2)3/h4-6,9-10H,1-3H3,(H,15,17). The Bertz CT molecular complexity index is 553. The van der Waals surface area contributed by atoms with Crippen LogP contribution in [0.3, 0.4) is 0 Å². The van der Waals surface area contributed by atoms with Crippen LogP contribution in [-0.2, 0) is 9.59 Å². The molecule has 2 heterocycles. The fourth-order valence-electron chi connectivity index (χ4n) is 2.79. The van der Waals surface area contributed by atoms with Crippen LogP contribution in [0.15, 0.2) is 18.2 Å². The van der Waals surface area contributed by atoms with Crippen molar-refractivity contribution in [2.45, 2.75) is 20.8 Å². The van der Waals surface area contributed by atoms with Gasteiger partial charge in [0.25, 0.3) is 5.91 Å². The number of anilines is 1. The maximum absolute atomic E-state index is 12.3. The Labute approximate surface area is 105 Å². The molecule has 94 valence electrons. The summed E-state index contributed by atoms with van der Waals surface area (Å²) < 4.78 is 0. The minimum atomic E-state index is -0.236. The Kier molecular flexibility index (Phi) is 2.06. The number of carbonyl (C=O) groups excluding carboxylic acids is 2. The van der Waals surface area contributed by atoms with Crippen LogP contribution in [0, 0.1) is 24.2 Å². The first kappa shape index (κ1) is 11.2. The number of pyridine rings is 1. The van der Waals surface area contributed by atoms with Crippen LogP contribution in [0.25, 0.3) is 0 Å². The highest BCUT2D eigenvalue weighted by molar-refractivity contribution is 6.07. The van der Waals surface area contributed by atoms with Gasteiger partial charge in [-0.3, -0.25) is 15.0 Å². The van der Waals surface area contributed by atoms with Crippen molar-refractivity contribution >= 4 is 17.6 Å². The second-order valence-corrected chi connectivity index (χ2v) is 5.56. The lowest BCUT2D eigenvalue weighted by molar-refractivity contribution is -0.131. The van der Waals surface area contributed by atoms with Crippen molar-refractivity contribution in [3.63, 3.8) is 0 Å². The SMILES string of the molecule is Cc1cccc(N2NC(=O)C3C(C2=O)C3(C)C)n1. The molecule has 1 aromatic rings. The second kappa shape index (κ2) is 3.31. The summed E-state index contributed by atoms with van der Waals surface area (Å²) in [5, 5.41) is 1.28. The summed E-state index contributed by atoms with van der Waals surface area (Å²) >= 11 is 0. The third-order valence-corrected chi connectivity index (χ3v) is 3.92. The Hall–Kier alpha value is -1.91. The van der Waals surface area contributed by atoms with E-state index >= 15 is 0 Å². The normalized spacial score (nSPS) is 28.7. The summed E-state index contributed by atoms with van der Waals surface area (Å²) in [6, 6.07) is 5.39. The van der Waals surface area contributed by atoms with Gasteiger partial charge >= 0.3 is 0 Å². The fraction of sp³-hybridized carbons (Fsp3) is 0.462. The van der Waals surface area contributed by atoms with Crippen LogP contribution in [0.5, 0.6) is 0 Å². The highest BCUT2D eigenvalue weighted by Gasteiger charge is 2.69. The highest BCUT2D eigenvalue weighted by Crippen LogP contribution is 2.60. The van der Waals surface area contributed by atoms with Gasteiger partial charge in [0.1, 0.15) is 0 Å². The lowest BCUT2D eigenvalue weighted by atomic mass is 10.1. The zero-order valence-corrected chi connectivity index (χ0v) is 10.6. The van der Waals surface area contributed by atoms with Crippen molar-refractivity contribution in [3.05, 3.63) is 23.9 Å². The molecule has 2 aliphatic rings. The lowest BCUT2D eigenvalue weighted by Gasteiger charge is -2.25. The summed E-state index contributed by atoms with van der Waals surface area (Å²) in [6.45, 7) is 5.75. The van der Waals surface area contributed by atoms with E-state index in [1.165, 1.54) is 5.01 Å². The second-order valence-electron chi connectivity index (χ2n) is 5.56. The van der Waals surface area contributed by atoms with E-state index in [4.69, 9.17) is 0 Å². The molecule has 5 heteroatoms. The molecule has 5 nitrogen and oxygen atoms in total. The number of hydrogen-bond donors (Lipinski definition) is 1. The van der Waals surface area contributed by atoms with Crippen LogP contribution >= 0.6 is 0 Å². The summed E-state index contributed by atoms with van der Waals surface area (Å²) in [4.78, 5) is 28.5. The number of rotatable bonds is 1. The number of carbonyl (C=O) groups is 2. The molecule has 2 amide bonds. The fourth-order valence-corrected chi connectivity index (χ4v) is 2.79. The molecule has 2 fully saturated rings. The summed E-state index contributed by atoms with van der Waals surface area (Å²) in [5.74, 6) is -0.0790. The molecule has 1 saturated heterocycles. The predicted octanol–water partition coefficient (Wildman–Crippen LogP) is 1.04. The zero-order chi connectivity index (χ0) is 13.1. The molecule has 1 N–H and O–H groups in total. The van der Waals surface area contributed by atoms with Gasteiger partial charge in [0.15, 0.2) is 5.82 Å². The summed E-state index contributed by atoms with van der Waals surface area (Å²) in [5.41, 5.74) is 3.21. The quantitative estimate of drug-likeness (QED) is 0.804. The monoisotopic (exact) mass is 245 g/mol. The van der Waals surface area contributed by atoms with Crippen LogP contribution < -0.4 is 10.4 Å². The average Bonchev–Trinajstić information content (AvgIpc) is 2.88. The number of nitrogens with zero attached hydrogens (tertiary/aromatic N) is 2. The molecule has 1 aromatic heterocycles. The van der Waals surface area contributed by atoms with Gasteiger partial charge in [0.2, 0.25) is 5.91 Å². The molecular weight excluding hydrogens is 230 g/mol. The van der Waals surface area contributed by atoms with Crippen molar-refractivity contribution < 1.29 is 9.59 Å². The highest BCUT2D eigenvalue weighted by atomic mass is 16.2. The maximum atomic E-state index is 12.3. The maximum Gasteiger partial charge on any atom is 0.251 e. The molecule has 0 spiro atoms. The summed E-state index contributed by atoms with van der Waals surface area (Å²) in [6.07, 6.45) is 0. The first-order chi connectivity index (χ1) is 8.43. The Morgan fingerprint density at radius 1 is 1.28 bits per heavy atom. The largest absolute Gasteiger partial charge is 0.273 e. The van der Waals surface area contributed by atoms with E-state index in [0.717, 1.165) is 5.69 Å². The topological polar surface area (TPSA) is 62.3 Å². The van der Waals surface area contributed by atoms with Crippen molar-refractivity contribution in [2.24, 2.45) is 17.3 Å². The molecule has 3 rings (SSSR count). The number of aryl methyl sites for hydroxylation is 1. The molecule has 2 unspecified atom stereocenters. The van der Waals surface area contributed by atoms with E-state index in [9.17, 15) is 9.59 Å². The minimum absolute atomic E-state index is 0.0669. The van der Waals surface area contributed by atoms with Gasteiger partial charge in [-0.2, -0.15) is 0 Å². The van der Waals surface area contributed by atoms with Gasteiger partial charge in [-0.05, 0) is 24.5 Å². The van der Waals surface area contributed by atoms with Crippen LogP contribution in [0.1, 0.15) is 19.5 Å². The van der Waals surface area contributed by atoms with E-state index in [-0.39, 0.29) is 29.1 Å². The van der Waals surface area contributed by atoms with Gasteiger partial charge in [0.05, 0.1) is 11.8 Å². The lowest BCUT2D eigenvalue weighted by Crippen LogP contribution is -2.52. The van der Waals surface area contributed by atoms with Crippen molar-refractivity contribution in [1.29, 1.82) is 0 Å². The minimum Gasteiger partial charge on any atom is -0.273 e. The van der Waals surface area contributed by atoms with E-state index in [2.05, 4.69) is 10.4 Å². The number of hydrogen-bond acceptors (Lipinski definition) is 3. The van der Waals surface area contributed by atoms with Gasteiger partial charge in [0, 0.05) is 5.69 Å². The molecule has 18 heavy (non-hydrogen) atoms.